The number of rotatable bonds is 4. The highest BCUT2D eigenvalue weighted by atomic mass is 79.9. The highest BCUT2D eigenvalue weighted by Crippen LogP contribution is 2.25. The van der Waals surface area contributed by atoms with E-state index in [1.165, 1.54) is 0 Å². The predicted molar refractivity (Wildman–Crippen MR) is 118 cm³/mol. The van der Waals surface area contributed by atoms with Crippen LogP contribution in [-0.4, -0.2) is 16.9 Å². The van der Waals surface area contributed by atoms with Crippen LogP contribution in [0.4, 0.5) is 21.3 Å². The van der Waals surface area contributed by atoms with E-state index in [1.807, 2.05) is 50.2 Å². The molecule has 0 unspecified atom stereocenters. The molecule has 1 heterocycles. The molecule has 3 rings (SSSR count). The summed E-state index contributed by atoms with van der Waals surface area (Å²) >= 11 is 4.57. The minimum atomic E-state index is -0.408. The van der Waals surface area contributed by atoms with Gasteiger partial charge in [-0.2, -0.15) is 0 Å². The summed E-state index contributed by atoms with van der Waals surface area (Å²) in [4.78, 5) is 29.5. The molecule has 2 aromatic carbocycles. The molecule has 0 fully saturated rings. The smallest absolute Gasteiger partial charge is 0.321 e. The van der Waals surface area contributed by atoms with E-state index < -0.39 is 6.03 Å². The monoisotopic (exact) mass is 458 g/mol. The summed E-state index contributed by atoms with van der Waals surface area (Å²) in [5.74, 6) is -0.260. The minimum absolute atomic E-state index is 0.260. The summed E-state index contributed by atoms with van der Waals surface area (Å²) in [5, 5.41) is 8.65. The van der Waals surface area contributed by atoms with Crippen LogP contribution in [0.5, 0.6) is 0 Å². The number of aromatic nitrogens is 1. The summed E-state index contributed by atoms with van der Waals surface area (Å²) in [6, 6.07) is 12.7. The fourth-order valence-corrected chi connectivity index (χ4v) is 3.66. The van der Waals surface area contributed by atoms with Crippen molar-refractivity contribution >= 4 is 55.7 Å². The Bertz CT molecular complexity index is 1050. The van der Waals surface area contributed by atoms with Crippen LogP contribution in [0, 0.1) is 20.8 Å². The van der Waals surface area contributed by atoms with E-state index in [0.717, 1.165) is 26.9 Å². The van der Waals surface area contributed by atoms with Gasteiger partial charge in [-0.05, 0) is 62.2 Å². The maximum Gasteiger partial charge on any atom is 0.325 e. The van der Waals surface area contributed by atoms with Crippen LogP contribution < -0.4 is 16.0 Å². The number of carbonyl (C=O) groups excluding carboxylic acids is 2. The number of nitrogens with zero attached hydrogens (tertiary/aromatic N) is 1. The molecule has 0 aliphatic heterocycles. The quantitative estimate of drug-likeness (QED) is 0.466. The highest BCUT2D eigenvalue weighted by Gasteiger charge is 2.17. The van der Waals surface area contributed by atoms with Gasteiger partial charge in [0.1, 0.15) is 4.88 Å². The Kier molecular flexibility index (Phi) is 6.11. The van der Waals surface area contributed by atoms with Gasteiger partial charge in [0.2, 0.25) is 0 Å². The third kappa shape index (κ3) is 4.96. The first-order valence-electron chi connectivity index (χ1n) is 8.51. The third-order valence-electron chi connectivity index (χ3n) is 3.92. The van der Waals surface area contributed by atoms with Crippen molar-refractivity contribution < 1.29 is 9.59 Å². The number of carbonyl (C=O) groups is 2. The molecular formula is C20H19BrN4O2S. The van der Waals surface area contributed by atoms with Crippen molar-refractivity contribution in [1.82, 2.24) is 4.98 Å². The number of hydrogen-bond acceptors (Lipinski definition) is 4. The number of hydrogen-bond donors (Lipinski definition) is 3. The van der Waals surface area contributed by atoms with E-state index in [4.69, 9.17) is 0 Å². The third-order valence-corrected chi connectivity index (χ3v) is 5.88. The zero-order chi connectivity index (χ0) is 20.3. The second-order valence-electron chi connectivity index (χ2n) is 6.30. The molecule has 3 aromatic rings. The van der Waals surface area contributed by atoms with Crippen LogP contribution in [0.1, 0.15) is 26.5 Å². The Morgan fingerprint density at radius 1 is 0.964 bits per heavy atom. The lowest BCUT2D eigenvalue weighted by Crippen LogP contribution is -2.19. The SMILES string of the molecule is Cc1cccc(NC(=O)Nc2nc(C)c(C(=O)Nc3ccc(Br)c(C)c3)s2)c1. The Hall–Kier alpha value is -2.71. The van der Waals surface area contributed by atoms with Crippen molar-refractivity contribution in [2.75, 3.05) is 16.0 Å². The van der Waals surface area contributed by atoms with Crippen LogP contribution in [0.25, 0.3) is 0 Å². The highest BCUT2D eigenvalue weighted by molar-refractivity contribution is 9.10. The molecule has 144 valence electrons. The van der Waals surface area contributed by atoms with Gasteiger partial charge in [0.15, 0.2) is 5.13 Å². The minimum Gasteiger partial charge on any atom is -0.321 e. The van der Waals surface area contributed by atoms with E-state index in [9.17, 15) is 9.59 Å². The van der Waals surface area contributed by atoms with E-state index in [0.29, 0.717) is 27.1 Å². The summed E-state index contributed by atoms with van der Waals surface area (Å²) < 4.78 is 0.977. The van der Waals surface area contributed by atoms with Gasteiger partial charge in [0.05, 0.1) is 5.69 Å². The summed E-state index contributed by atoms with van der Waals surface area (Å²) in [6.07, 6.45) is 0. The maximum atomic E-state index is 12.6. The molecule has 0 aliphatic rings. The van der Waals surface area contributed by atoms with Gasteiger partial charge >= 0.3 is 6.03 Å². The molecular weight excluding hydrogens is 440 g/mol. The van der Waals surface area contributed by atoms with Gasteiger partial charge in [-0.1, -0.05) is 39.4 Å². The van der Waals surface area contributed by atoms with Crippen molar-refractivity contribution in [1.29, 1.82) is 0 Å². The number of aryl methyl sites for hydroxylation is 3. The van der Waals surface area contributed by atoms with Gasteiger partial charge in [0, 0.05) is 15.8 Å². The first-order chi connectivity index (χ1) is 13.3. The summed E-state index contributed by atoms with van der Waals surface area (Å²) in [6.45, 7) is 5.64. The lowest BCUT2D eigenvalue weighted by molar-refractivity contribution is 0.103. The molecule has 0 atom stereocenters. The molecule has 0 spiro atoms. The zero-order valence-corrected chi connectivity index (χ0v) is 18.0. The molecule has 1 aromatic heterocycles. The van der Waals surface area contributed by atoms with Gasteiger partial charge < -0.3 is 10.6 Å². The topological polar surface area (TPSA) is 83.1 Å². The lowest BCUT2D eigenvalue weighted by Gasteiger charge is -2.06. The van der Waals surface area contributed by atoms with Crippen molar-refractivity contribution in [3.63, 3.8) is 0 Å². The van der Waals surface area contributed by atoms with E-state index in [-0.39, 0.29) is 5.91 Å². The average molecular weight is 459 g/mol. The summed E-state index contributed by atoms with van der Waals surface area (Å²) in [5.41, 5.74) is 4.01. The molecule has 6 nitrogen and oxygen atoms in total. The molecule has 0 bridgehead atoms. The van der Waals surface area contributed by atoms with Gasteiger partial charge in [-0.3, -0.25) is 10.1 Å². The number of urea groups is 1. The number of thiazole rings is 1. The van der Waals surface area contributed by atoms with Crippen molar-refractivity contribution in [3.8, 4) is 0 Å². The molecule has 0 saturated heterocycles. The number of benzene rings is 2. The number of amides is 3. The van der Waals surface area contributed by atoms with E-state index in [2.05, 4.69) is 36.9 Å². The Morgan fingerprint density at radius 3 is 2.43 bits per heavy atom. The van der Waals surface area contributed by atoms with E-state index in [1.54, 1.807) is 13.0 Å². The van der Waals surface area contributed by atoms with Crippen molar-refractivity contribution in [3.05, 3.63) is 68.6 Å². The van der Waals surface area contributed by atoms with Crippen molar-refractivity contribution in [2.45, 2.75) is 20.8 Å². The Balaban J connectivity index is 1.67. The number of anilines is 3. The standard InChI is InChI=1S/C20H19BrN4O2S/c1-11-5-4-6-14(9-11)24-19(27)25-20-22-13(3)17(28-20)18(26)23-15-7-8-16(21)12(2)10-15/h4-10H,1-3H3,(H,23,26)(H2,22,24,25,27). The molecule has 8 heteroatoms. The molecule has 0 saturated carbocycles. The van der Waals surface area contributed by atoms with E-state index >= 15 is 0 Å². The molecule has 0 aliphatic carbocycles. The predicted octanol–water partition coefficient (Wildman–Crippen LogP) is 5.73. The largest absolute Gasteiger partial charge is 0.325 e. The number of nitrogens with one attached hydrogen (secondary N) is 3. The van der Waals surface area contributed by atoms with Gasteiger partial charge in [-0.25, -0.2) is 9.78 Å². The number of halogens is 1. The van der Waals surface area contributed by atoms with Crippen molar-refractivity contribution in [2.24, 2.45) is 0 Å². The molecule has 0 radical (unpaired) electrons. The average Bonchev–Trinajstić information content (AvgIpc) is 2.98. The molecule has 28 heavy (non-hydrogen) atoms. The van der Waals surface area contributed by atoms with Crippen LogP contribution in [-0.2, 0) is 0 Å². The second kappa shape index (κ2) is 8.53. The lowest BCUT2D eigenvalue weighted by atomic mass is 10.2. The normalized spacial score (nSPS) is 10.4. The fraction of sp³-hybridized carbons (Fsp3) is 0.150. The van der Waals surface area contributed by atoms with Gasteiger partial charge in [-0.15, -0.1) is 0 Å². The van der Waals surface area contributed by atoms with Crippen LogP contribution in [0.3, 0.4) is 0 Å². The van der Waals surface area contributed by atoms with Crippen LogP contribution in [0.2, 0.25) is 0 Å². The first kappa shape index (κ1) is 20.0. The van der Waals surface area contributed by atoms with Crippen LogP contribution >= 0.6 is 27.3 Å². The molecule has 3 N–H and O–H groups in total. The van der Waals surface area contributed by atoms with Gasteiger partial charge in [0.25, 0.3) is 5.91 Å². The first-order valence-corrected chi connectivity index (χ1v) is 10.1. The maximum absolute atomic E-state index is 12.6. The Labute approximate surface area is 175 Å². The molecule has 3 amide bonds. The Morgan fingerprint density at radius 2 is 1.71 bits per heavy atom. The fourth-order valence-electron chi connectivity index (χ4n) is 2.55. The second-order valence-corrected chi connectivity index (χ2v) is 8.15. The van der Waals surface area contributed by atoms with Crippen LogP contribution in [0.15, 0.2) is 46.9 Å². The zero-order valence-electron chi connectivity index (χ0n) is 15.6. The summed E-state index contributed by atoms with van der Waals surface area (Å²) in [7, 11) is 0.